The predicted octanol–water partition coefficient (Wildman–Crippen LogP) is 2.75. The Hall–Kier alpha value is -1.75. The highest BCUT2D eigenvalue weighted by atomic mass is 15.5. The molecule has 0 aliphatic carbocycles. The molecule has 1 N–H and O–H groups in total. The second-order valence-corrected chi connectivity index (χ2v) is 5.16. The zero-order chi connectivity index (χ0) is 14.4. The van der Waals surface area contributed by atoms with Crippen molar-refractivity contribution < 1.29 is 0 Å². The second kappa shape index (κ2) is 7.14. The van der Waals surface area contributed by atoms with Crippen LogP contribution in [-0.2, 0) is 0 Å². The molecule has 0 amide bonds. The van der Waals surface area contributed by atoms with Gasteiger partial charge in [-0.25, -0.2) is 4.68 Å². The summed E-state index contributed by atoms with van der Waals surface area (Å²) in [5.74, 6) is 0.750. The summed E-state index contributed by atoms with van der Waals surface area (Å²) in [4.78, 5) is 0. The molecule has 0 saturated heterocycles. The highest BCUT2D eigenvalue weighted by Crippen LogP contribution is 2.17. The number of benzene rings is 1. The Bertz CT molecular complexity index is 505. The van der Waals surface area contributed by atoms with Crippen molar-refractivity contribution in [3.05, 3.63) is 36.2 Å². The molecule has 0 radical (unpaired) electrons. The van der Waals surface area contributed by atoms with Crippen molar-refractivity contribution in [1.82, 2.24) is 25.5 Å². The maximum absolute atomic E-state index is 3.92. The van der Waals surface area contributed by atoms with Crippen molar-refractivity contribution in [3.8, 4) is 5.69 Å². The fourth-order valence-electron chi connectivity index (χ4n) is 2.25. The van der Waals surface area contributed by atoms with Gasteiger partial charge in [-0.2, -0.15) is 0 Å². The van der Waals surface area contributed by atoms with Crippen LogP contribution in [0.15, 0.2) is 30.6 Å². The molecule has 0 saturated carbocycles. The molecule has 0 bridgehead atoms. The molecule has 108 valence electrons. The van der Waals surface area contributed by atoms with Crippen LogP contribution in [0.5, 0.6) is 0 Å². The molecule has 0 spiro atoms. The van der Waals surface area contributed by atoms with E-state index < -0.39 is 0 Å². The van der Waals surface area contributed by atoms with E-state index in [1.807, 2.05) is 12.1 Å². The number of aromatic nitrogens is 4. The Morgan fingerprint density at radius 1 is 1.25 bits per heavy atom. The van der Waals surface area contributed by atoms with E-state index >= 15 is 0 Å². The van der Waals surface area contributed by atoms with Crippen molar-refractivity contribution in [3.63, 3.8) is 0 Å². The molecule has 2 aromatic rings. The van der Waals surface area contributed by atoms with Crippen LogP contribution in [0.25, 0.3) is 5.69 Å². The van der Waals surface area contributed by atoms with E-state index in [1.54, 1.807) is 11.0 Å². The minimum absolute atomic E-state index is 0.326. The maximum Gasteiger partial charge on any atom is 0.143 e. The van der Waals surface area contributed by atoms with Gasteiger partial charge in [0.1, 0.15) is 6.33 Å². The average molecular weight is 273 g/mol. The summed E-state index contributed by atoms with van der Waals surface area (Å²) in [7, 11) is 0. The Labute approximate surface area is 120 Å². The molecule has 5 heteroatoms. The Kier molecular flexibility index (Phi) is 5.24. The van der Waals surface area contributed by atoms with E-state index in [0.29, 0.717) is 6.04 Å². The summed E-state index contributed by atoms with van der Waals surface area (Å²) in [6.07, 6.45) is 4.06. The standard InChI is InChI=1S/C15H23N5/c1-4-13(5-2)10-16-12(3)14-7-6-8-15(9-14)20-11-17-18-19-20/h6-9,11-13,16H,4-5,10H2,1-3H3. The van der Waals surface area contributed by atoms with Gasteiger partial charge in [-0.1, -0.05) is 38.8 Å². The van der Waals surface area contributed by atoms with Gasteiger partial charge in [-0.3, -0.25) is 0 Å². The summed E-state index contributed by atoms with van der Waals surface area (Å²) in [6, 6.07) is 8.64. The van der Waals surface area contributed by atoms with Gasteiger partial charge in [0.25, 0.3) is 0 Å². The fraction of sp³-hybridized carbons (Fsp3) is 0.533. The van der Waals surface area contributed by atoms with Crippen LogP contribution in [0.2, 0.25) is 0 Å². The third-order valence-electron chi connectivity index (χ3n) is 3.85. The molecule has 1 atom stereocenters. The molecule has 5 nitrogen and oxygen atoms in total. The molecule has 1 aromatic carbocycles. The van der Waals surface area contributed by atoms with Crippen molar-refractivity contribution in [2.24, 2.45) is 5.92 Å². The van der Waals surface area contributed by atoms with E-state index in [1.165, 1.54) is 18.4 Å². The number of tetrazole rings is 1. The lowest BCUT2D eigenvalue weighted by atomic mass is 10.0. The third-order valence-corrected chi connectivity index (χ3v) is 3.85. The van der Waals surface area contributed by atoms with Crippen LogP contribution in [0.4, 0.5) is 0 Å². The first kappa shape index (κ1) is 14.7. The minimum Gasteiger partial charge on any atom is -0.310 e. The zero-order valence-electron chi connectivity index (χ0n) is 12.5. The number of hydrogen-bond donors (Lipinski definition) is 1. The SMILES string of the molecule is CCC(CC)CNC(C)c1cccc(-n2cnnn2)c1. The van der Waals surface area contributed by atoms with Gasteiger partial charge in [-0.15, -0.1) is 5.10 Å². The summed E-state index contributed by atoms with van der Waals surface area (Å²) in [5, 5.41) is 14.9. The summed E-state index contributed by atoms with van der Waals surface area (Å²) < 4.78 is 1.68. The molecule has 2 rings (SSSR count). The van der Waals surface area contributed by atoms with E-state index in [-0.39, 0.29) is 0 Å². The largest absolute Gasteiger partial charge is 0.310 e. The molecule has 0 fully saturated rings. The highest BCUT2D eigenvalue weighted by molar-refractivity contribution is 5.35. The van der Waals surface area contributed by atoms with Crippen molar-refractivity contribution >= 4 is 0 Å². The monoisotopic (exact) mass is 273 g/mol. The minimum atomic E-state index is 0.326. The molecule has 0 aliphatic rings. The number of hydrogen-bond acceptors (Lipinski definition) is 4. The lowest BCUT2D eigenvalue weighted by Gasteiger charge is -2.19. The van der Waals surface area contributed by atoms with Crippen LogP contribution in [-0.4, -0.2) is 26.8 Å². The van der Waals surface area contributed by atoms with Crippen molar-refractivity contribution in [2.45, 2.75) is 39.7 Å². The number of rotatable bonds is 7. The van der Waals surface area contributed by atoms with E-state index in [4.69, 9.17) is 0 Å². The van der Waals surface area contributed by atoms with Crippen LogP contribution >= 0.6 is 0 Å². The number of nitrogens with one attached hydrogen (secondary N) is 1. The van der Waals surface area contributed by atoms with Gasteiger partial charge in [0.15, 0.2) is 0 Å². The zero-order valence-corrected chi connectivity index (χ0v) is 12.5. The average Bonchev–Trinajstić information content (AvgIpc) is 3.02. The lowest BCUT2D eigenvalue weighted by Crippen LogP contribution is -2.25. The first-order valence-corrected chi connectivity index (χ1v) is 7.31. The van der Waals surface area contributed by atoms with Gasteiger partial charge in [0.2, 0.25) is 0 Å². The summed E-state index contributed by atoms with van der Waals surface area (Å²) in [6.45, 7) is 7.75. The quantitative estimate of drug-likeness (QED) is 0.842. The van der Waals surface area contributed by atoms with Crippen LogP contribution in [0, 0.1) is 5.92 Å². The second-order valence-electron chi connectivity index (χ2n) is 5.16. The molecular weight excluding hydrogens is 250 g/mol. The maximum atomic E-state index is 3.92. The van der Waals surface area contributed by atoms with Crippen molar-refractivity contribution in [1.29, 1.82) is 0 Å². The molecule has 20 heavy (non-hydrogen) atoms. The van der Waals surface area contributed by atoms with Gasteiger partial charge in [-0.05, 0) is 47.5 Å². The molecule has 1 aromatic heterocycles. The van der Waals surface area contributed by atoms with E-state index in [2.05, 4.69) is 53.7 Å². The fourth-order valence-corrected chi connectivity index (χ4v) is 2.25. The van der Waals surface area contributed by atoms with E-state index in [0.717, 1.165) is 18.2 Å². The Balaban J connectivity index is 2.03. The van der Waals surface area contributed by atoms with Gasteiger partial charge in [0, 0.05) is 6.04 Å². The first-order valence-electron chi connectivity index (χ1n) is 7.31. The Morgan fingerprint density at radius 3 is 2.70 bits per heavy atom. The normalized spacial score (nSPS) is 12.8. The van der Waals surface area contributed by atoms with Crippen LogP contribution < -0.4 is 5.32 Å². The predicted molar refractivity (Wildman–Crippen MR) is 79.6 cm³/mol. The van der Waals surface area contributed by atoms with Gasteiger partial charge < -0.3 is 5.32 Å². The third kappa shape index (κ3) is 3.63. The Morgan fingerprint density at radius 2 is 2.05 bits per heavy atom. The summed E-state index contributed by atoms with van der Waals surface area (Å²) in [5.41, 5.74) is 2.24. The molecule has 0 aliphatic heterocycles. The van der Waals surface area contributed by atoms with Crippen LogP contribution in [0.1, 0.15) is 45.2 Å². The molecular formula is C15H23N5. The highest BCUT2D eigenvalue weighted by Gasteiger charge is 2.09. The first-order chi connectivity index (χ1) is 9.74. The van der Waals surface area contributed by atoms with Crippen molar-refractivity contribution in [2.75, 3.05) is 6.54 Å². The summed E-state index contributed by atoms with van der Waals surface area (Å²) >= 11 is 0. The lowest BCUT2D eigenvalue weighted by molar-refractivity contribution is 0.422. The molecule has 1 heterocycles. The van der Waals surface area contributed by atoms with Gasteiger partial charge in [0.05, 0.1) is 5.69 Å². The van der Waals surface area contributed by atoms with E-state index in [9.17, 15) is 0 Å². The van der Waals surface area contributed by atoms with Gasteiger partial charge >= 0.3 is 0 Å². The topological polar surface area (TPSA) is 55.6 Å². The number of nitrogens with zero attached hydrogens (tertiary/aromatic N) is 4. The smallest absolute Gasteiger partial charge is 0.143 e. The van der Waals surface area contributed by atoms with Crippen LogP contribution in [0.3, 0.4) is 0 Å². The molecule has 1 unspecified atom stereocenters.